The molecule has 0 bridgehead atoms. The molecule has 0 radical (unpaired) electrons. The SMILES string of the molecule is c1ccc(-c2ccccc2B2c3ccccc3Oc3c2c2c(c4c5ccccc5n(-c5cccc(-c6nc(-n7c8ccccc8c8ccccc87)nc(-n7c8ccccc8c8ccccc87)n6)c5)c34)B(c3ccccc3-c3ccccc3)c3ccccc3O2)cc1. The molecule has 2 aliphatic rings. The lowest BCUT2D eigenvalue weighted by atomic mass is 9.31. The van der Waals surface area contributed by atoms with Crippen molar-refractivity contribution in [2.24, 2.45) is 0 Å². The van der Waals surface area contributed by atoms with Gasteiger partial charge in [0, 0.05) is 49.0 Å². The van der Waals surface area contributed by atoms with Crippen LogP contribution in [-0.4, -0.2) is 42.1 Å². The molecule has 10 heteroatoms. The topological polar surface area (TPSA) is 71.9 Å². The third-order valence-corrected chi connectivity index (χ3v) is 18.8. The van der Waals surface area contributed by atoms with E-state index in [2.05, 4.69) is 317 Å². The first-order chi connectivity index (χ1) is 45.2. The summed E-state index contributed by atoms with van der Waals surface area (Å²) in [5, 5.41) is 6.59. The molecule has 0 spiro atoms. The zero-order chi connectivity index (χ0) is 59.7. The number of hydrogen-bond donors (Lipinski definition) is 0. The van der Waals surface area contributed by atoms with Gasteiger partial charge in [-0.3, -0.25) is 9.13 Å². The molecule has 13 aromatic carbocycles. The number of rotatable bonds is 8. The Labute approximate surface area is 524 Å². The highest BCUT2D eigenvalue weighted by Crippen LogP contribution is 2.45. The minimum Gasteiger partial charge on any atom is -0.459 e. The summed E-state index contributed by atoms with van der Waals surface area (Å²) < 4.78 is 22.2. The molecule has 0 unspecified atom stereocenters. The van der Waals surface area contributed by atoms with Crippen molar-refractivity contribution in [3.05, 3.63) is 303 Å². The van der Waals surface area contributed by atoms with Gasteiger partial charge in [-0.2, -0.15) is 15.0 Å². The average Bonchev–Trinajstić information content (AvgIpc) is 1.66. The number of para-hydroxylation sites is 7. The summed E-state index contributed by atoms with van der Waals surface area (Å²) in [4.78, 5) is 16.6. The van der Waals surface area contributed by atoms with Crippen molar-refractivity contribution in [3.8, 4) is 74.2 Å². The molecule has 19 rings (SSSR count). The predicted molar refractivity (Wildman–Crippen MR) is 374 cm³/mol. The maximum atomic E-state index is 7.71. The van der Waals surface area contributed by atoms with E-state index in [-0.39, 0.29) is 13.4 Å². The molecular formula is C81H50B2N6O2. The molecule has 8 nitrogen and oxygen atoms in total. The van der Waals surface area contributed by atoms with Crippen LogP contribution in [0.4, 0.5) is 0 Å². The van der Waals surface area contributed by atoms with Gasteiger partial charge in [-0.15, -0.1) is 0 Å². The Bertz CT molecular complexity index is 5600. The second-order valence-electron chi connectivity index (χ2n) is 23.7. The molecule has 0 amide bonds. The van der Waals surface area contributed by atoms with Crippen LogP contribution in [0.15, 0.2) is 303 Å². The number of hydrogen-bond acceptors (Lipinski definition) is 5. The third-order valence-electron chi connectivity index (χ3n) is 18.8. The van der Waals surface area contributed by atoms with Gasteiger partial charge in [-0.1, -0.05) is 260 Å². The van der Waals surface area contributed by atoms with Gasteiger partial charge in [-0.25, -0.2) is 0 Å². The van der Waals surface area contributed by atoms with E-state index in [0.29, 0.717) is 17.7 Å². The number of fused-ring (bicyclic) bond motifs is 16. The van der Waals surface area contributed by atoms with Crippen LogP contribution in [0.2, 0.25) is 0 Å². The second-order valence-corrected chi connectivity index (χ2v) is 23.7. The van der Waals surface area contributed by atoms with E-state index in [4.69, 9.17) is 24.4 Å². The van der Waals surface area contributed by atoms with Crippen molar-refractivity contribution in [1.82, 2.24) is 28.7 Å². The summed E-state index contributed by atoms with van der Waals surface area (Å²) in [6.07, 6.45) is 0. The van der Waals surface area contributed by atoms with Crippen LogP contribution in [0.25, 0.3) is 117 Å². The Hall–Kier alpha value is -12.0. The zero-order valence-corrected chi connectivity index (χ0v) is 49.0. The molecule has 0 N–H and O–H groups in total. The molecule has 0 atom stereocenters. The molecule has 91 heavy (non-hydrogen) atoms. The van der Waals surface area contributed by atoms with E-state index in [1.165, 1.54) is 5.46 Å². The van der Waals surface area contributed by atoms with Crippen molar-refractivity contribution >= 4 is 112 Å². The zero-order valence-electron chi connectivity index (χ0n) is 49.0. The molecule has 2 aliphatic heterocycles. The van der Waals surface area contributed by atoms with Gasteiger partial charge in [0.25, 0.3) is 13.4 Å². The fourth-order valence-corrected chi connectivity index (χ4v) is 15.0. The van der Waals surface area contributed by atoms with E-state index < -0.39 is 0 Å². The first kappa shape index (κ1) is 51.1. The minimum atomic E-state index is -0.341. The highest BCUT2D eigenvalue weighted by atomic mass is 16.5. The first-order valence-electron chi connectivity index (χ1n) is 31.0. The van der Waals surface area contributed by atoms with Crippen molar-refractivity contribution in [2.75, 3.05) is 0 Å². The Morgan fingerprint density at radius 2 is 0.670 bits per heavy atom. The van der Waals surface area contributed by atoms with Gasteiger partial charge >= 0.3 is 0 Å². The van der Waals surface area contributed by atoms with Crippen LogP contribution in [0, 0.1) is 0 Å². The fourth-order valence-electron chi connectivity index (χ4n) is 15.0. The Morgan fingerprint density at radius 3 is 1.18 bits per heavy atom. The van der Waals surface area contributed by atoms with Crippen LogP contribution in [0.5, 0.6) is 23.0 Å². The first-order valence-corrected chi connectivity index (χ1v) is 31.0. The maximum Gasteiger partial charge on any atom is 0.256 e. The van der Waals surface area contributed by atoms with Crippen molar-refractivity contribution < 1.29 is 9.47 Å². The van der Waals surface area contributed by atoms with Crippen molar-refractivity contribution in [1.29, 1.82) is 0 Å². The van der Waals surface area contributed by atoms with Crippen molar-refractivity contribution in [2.45, 2.75) is 0 Å². The summed E-state index contributed by atoms with van der Waals surface area (Å²) >= 11 is 0. The average molecular weight is 1160 g/mol. The molecule has 422 valence electrons. The van der Waals surface area contributed by atoms with Gasteiger partial charge in [0.15, 0.2) is 11.6 Å². The van der Waals surface area contributed by atoms with Crippen molar-refractivity contribution in [3.63, 3.8) is 0 Å². The molecule has 6 heterocycles. The standard InChI is InChI=1S/C81H50B2N6O2/c1-3-26-51(27-4-1)55-32-7-14-39-62(55)82-64-41-16-23-48-71(64)90-77-74(82)73-61-38-13-22-47-70(61)87(76(73)78-75(77)83(65-42-17-24-49-72(65)91-78)63-40-15-8-33-56(63)52-28-5-2-6-29-52)54-31-25-30-53(50-54)79-84-80(88-66-43-18-9-34-57(66)58-35-10-19-44-67(58)88)86-81(85-79)89-68-45-20-11-36-59(68)60-37-12-21-46-69(60)89/h1-50H. The fraction of sp³-hybridized carbons (Fsp3) is 0. The number of nitrogens with zero attached hydrogens (tertiary/aromatic N) is 6. The van der Waals surface area contributed by atoms with Gasteiger partial charge in [0.1, 0.15) is 17.2 Å². The maximum absolute atomic E-state index is 7.71. The lowest BCUT2D eigenvalue weighted by Gasteiger charge is -2.36. The molecule has 0 fully saturated rings. The van der Waals surface area contributed by atoms with Crippen LogP contribution < -0.4 is 42.3 Å². The molecular weight excluding hydrogens is 1110 g/mol. The van der Waals surface area contributed by atoms with E-state index in [9.17, 15) is 0 Å². The Kier molecular flexibility index (Phi) is 11.4. The third kappa shape index (κ3) is 7.76. The molecule has 4 aromatic heterocycles. The summed E-state index contributed by atoms with van der Waals surface area (Å²) in [7, 11) is 0. The molecule has 0 saturated carbocycles. The second kappa shape index (κ2) is 20.3. The van der Waals surface area contributed by atoms with E-state index in [1.807, 2.05) is 0 Å². The van der Waals surface area contributed by atoms with Crippen LogP contribution in [0.1, 0.15) is 0 Å². The molecule has 0 saturated heterocycles. The van der Waals surface area contributed by atoms with Crippen LogP contribution in [-0.2, 0) is 0 Å². The lowest BCUT2D eigenvalue weighted by Crippen LogP contribution is -2.61. The Morgan fingerprint density at radius 1 is 0.286 bits per heavy atom. The van der Waals surface area contributed by atoms with Gasteiger partial charge in [-0.05, 0) is 93.2 Å². The van der Waals surface area contributed by atoms with Gasteiger partial charge < -0.3 is 14.0 Å². The minimum absolute atomic E-state index is 0.291. The Balaban J connectivity index is 0.927. The lowest BCUT2D eigenvalue weighted by molar-refractivity contribution is 0.472. The van der Waals surface area contributed by atoms with E-state index in [1.54, 1.807) is 0 Å². The summed E-state index contributed by atoms with van der Waals surface area (Å²) in [6.45, 7) is -0.632. The van der Waals surface area contributed by atoms with Gasteiger partial charge in [0.2, 0.25) is 11.9 Å². The van der Waals surface area contributed by atoms with Gasteiger partial charge in [0.05, 0.1) is 33.1 Å². The van der Waals surface area contributed by atoms with Crippen LogP contribution in [0.3, 0.4) is 0 Å². The summed E-state index contributed by atoms with van der Waals surface area (Å²) in [5.41, 5.74) is 18.8. The highest BCUT2D eigenvalue weighted by molar-refractivity contribution is 7.02. The van der Waals surface area contributed by atoms with E-state index >= 15 is 0 Å². The number of ether oxygens (including phenoxy) is 2. The molecule has 0 aliphatic carbocycles. The molecule has 17 aromatic rings. The number of benzene rings is 13. The number of aromatic nitrogens is 6. The summed E-state index contributed by atoms with van der Waals surface area (Å²) in [6, 6.07) is 108. The normalized spacial score (nSPS) is 12.5. The van der Waals surface area contributed by atoms with Crippen LogP contribution >= 0.6 is 0 Å². The smallest absolute Gasteiger partial charge is 0.256 e. The predicted octanol–water partition coefficient (Wildman–Crippen LogP) is 15.4. The van der Waals surface area contributed by atoms with E-state index in [0.717, 1.165) is 149 Å². The monoisotopic (exact) mass is 1160 g/mol. The summed E-state index contributed by atoms with van der Waals surface area (Å²) in [5.74, 6) is 4.68. The highest BCUT2D eigenvalue weighted by Gasteiger charge is 2.46. The largest absolute Gasteiger partial charge is 0.459 e. The quantitative estimate of drug-likeness (QED) is 0.142.